The van der Waals surface area contributed by atoms with Crippen LogP contribution in [-0.4, -0.2) is 48.1 Å². The highest BCUT2D eigenvalue weighted by molar-refractivity contribution is 5.88. The van der Waals surface area contributed by atoms with Crippen LogP contribution in [0.4, 0.5) is 0 Å². The number of hydrogen-bond donors (Lipinski definition) is 2. The molecule has 5 nitrogen and oxygen atoms in total. The van der Waals surface area contributed by atoms with Gasteiger partial charge in [0.05, 0.1) is 19.1 Å². The average Bonchev–Trinajstić information content (AvgIpc) is 3.10. The number of para-hydroxylation sites is 1. The van der Waals surface area contributed by atoms with E-state index in [2.05, 4.69) is 39.5 Å². The number of fused-ring (bicyclic) bond motifs is 1. The van der Waals surface area contributed by atoms with Gasteiger partial charge in [0.2, 0.25) is 5.91 Å². The largest absolute Gasteiger partial charge is 0.374 e. The molecular weight excluding hydrogens is 338 g/mol. The molecule has 1 unspecified atom stereocenters. The first-order valence-electron chi connectivity index (χ1n) is 9.47. The monoisotopic (exact) mass is 363 g/mol. The molecule has 1 aliphatic rings. The average molecular weight is 363 g/mol. The summed E-state index contributed by atoms with van der Waals surface area (Å²) in [5.41, 5.74) is 3.40. The summed E-state index contributed by atoms with van der Waals surface area (Å²) in [6.45, 7) is 3.93. The maximum Gasteiger partial charge on any atom is 0.224 e. The van der Waals surface area contributed by atoms with Crippen molar-refractivity contribution in [3.05, 3.63) is 71.9 Å². The molecule has 2 heterocycles. The Hall–Kier alpha value is -2.63. The lowest BCUT2D eigenvalue weighted by atomic mass is 10.1. The third-order valence-corrected chi connectivity index (χ3v) is 5.02. The zero-order valence-electron chi connectivity index (χ0n) is 15.4. The number of H-pyrrole nitrogens is 1. The Bertz CT molecular complexity index is 891. The van der Waals surface area contributed by atoms with Crippen LogP contribution in [0.15, 0.2) is 60.8 Å². The van der Waals surface area contributed by atoms with Crippen LogP contribution in [0, 0.1) is 0 Å². The number of nitrogens with one attached hydrogen (secondary N) is 2. The third-order valence-electron chi connectivity index (χ3n) is 5.02. The zero-order valence-corrected chi connectivity index (χ0v) is 15.4. The lowest BCUT2D eigenvalue weighted by Gasteiger charge is -2.33. The lowest BCUT2D eigenvalue weighted by molar-refractivity contribution is -0.121. The molecule has 1 atom stereocenters. The Labute approximate surface area is 159 Å². The van der Waals surface area contributed by atoms with E-state index in [1.165, 1.54) is 5.56 Å². The molecule has 1 amide bonds. The summed E-state index contributed by atoms with van der Waals surface area (Å²) in [5, 5.41) is 4.14. The molecule has 2 aromatic carbocycles. The van der Waals surface area contributed by atoms with Gasteiger partial charge in [-0.25, -0.2) is 0 Å². The van der Waals surface area contributed by atoms with Gasteiger partial charge in [-0.3, -0.25) is 9.69 Å². The Balaban J connectivity index is 1.27. The van der Waals surface area contributed by atoms with Crippen LogP contribution in [0.5, 0.6) is 0 Å². The summed E-state index contributed by atoms with van der Waals surface area (Å²) in [4.78, 5) is 18.0. The van der Waals surface area contributed by atoms with Gasteiger partial charge in [0.1, 0.15) is 0 Å². The van der Waals surface area contributed by atoms with E-state index in [1.54, 1.807) is 0 Å². The van der Waals surface area contributed by atoms with Crippen molar-refractivity contribution < 1.29 is 9.53 Å². The van der Waals surface area contributed by atoms with E-state index in [1.807, 2.05) is 36.5 Å². The van der Waals surface area contributed by atoms with Crippen molar-refractivity contribution in [1.82, 2.24) is 15.2 Å². The molecule has 1 aliphatic heterocycles. The zero-order chi connectivity index (χ0) is 18.5. The van der Waals surface area contributed by atoms with Crippen molar-refractivity contribution in [3.63, 3.8) is 0 Å². The molecule has 1 aromatic heterocycles. The fourth-order valence-corrected chi connectivity index (χ4v) is 3.63. The molecule has 2 N–H and O–H groups in total. The van der Waals surface area contributed by atoms with E-state index in [9.17, 15) is 4.79 Å². The van der Waals surface area contributed by atoms with E-state index in [0.717, 1.165) is 36.1 Å². The normalized spacial score (nSPS) is 17.9. The fraction of sp³-hybridized carbons (Fsp3) is 0.318. The number of morpholine rings is 1. The predicted octanol–water partition coefficient (Wildman–Crippen LogP) is 2.73. The third kappa shape index (κ3) is 4.56. The van der Waals surface area contributed by atoms with Gasteiger partial charge < -0.3 is 15.0 Å². The number of nitrogens with zero attached hydrogens (tertiary/aromatic N) is 1. The van der Waals surface area contributed by atoms with E-state index >= 15 is 0 Å². The molecule has 0 saturated carbocycles. The van der Waals surface area contributed by atoms with Crippen LogP contribution in [0.2, 0.25) is 0 Å². The van der Waals surface area contributed by atoms with Crippen molar-refractivity contribution in [1.29, 1.82) is 0 Å². The first kappa shape index (κ1) is 17.8. The molecule has 5 heteroatoms. The van der Waals surface area contributed by atoms with E-state index in [0.29, 0.717) is 19.6 Å². The first-order chi connectivity index (χ1) is 13.3. The van der Waals surface area contributed by atoms with Crippen molar-refractivity contribution in [2.45, 2.75) is 19.1 Å². The molecule has 3 aromatic rings. The van der Waals surface area contributed by atoms with Gasteiger partial charge in [-0.05, 0) is 17.2 Å². The molecule has 27 heavy (non-hydrogen) atoms. The van der Waals surface area contributed by atoms with Gasteiger partial charge in [-0.15, -0.1) is 0 Å². The number of carbonyl (C=O) groups is 1. The smallest absolute Gasteiger partial charge is 0.224 e. The topological polar surface area (TPSA) is 57.4 Å². The van der Waals surface area contributed by atoms with Gasteiger partial charge in [-0.1, -0.05) is 48.5 Å². The molecule has 0 spiro atoms. The lowest BCUT2D eigenvalue weighted by Crippen LogP contribution is -2.47. The number of aromatic nitrogens is 1. The molecule has 1 saturated heterocycles. The molecule has 0 aliphatic carbocycles. The highest BCUT2D eigenvalue weighted by atomic mass is 16.5. The minimum absolute atomic E-state index is 0.0311. The Morgan fingerprint density at radius 1 is 1.15 bits per heavy atom. The summed E-state index contributed by atoms with van der Waals surface area (Å²) < 4.78 is 5.84. The van der Waals surface area contributed by atoms with E-state index in [-0.39, 0.29) is 12.0 Å². The fourth-order valence-electron chi connectivity index (χ4n) is 3.63. The van der Waals surface area contributed by atoms with Crippen molar-refractivity contribution in [2.24, 2.45) is 0 Å². The number of ether oxygens (including phenoxy) is 1. The van der Waals surface area contributed by atoms with Gasteiger partial charge in [0.25, 0.3) is 0 Å². The SMILES string of the molecule is O=C(Cc1c[nH]c2ccccc12)NCC1CN(Cc2ccccc2)CCO1. The van der Waals surface area contributed by atoms with Crippen LogP contribution in [-0.2, 0) is 22.5 Å². The Morgan fingerprint density at radius 3 is 2.85 bits per heavy atom. The summed E-state index contributed by atoms with van der Waals surface area (Å²) >= 11 is 0. The second kappa shape index (κ2) is 8.37. The Kier molecular flexibility index (Phi) is 5.51. The predicted molar refractivity (Wildman–Crippen MR) is 106 cm³/mol. The van der Waals surface area contributed by atoms with Crippen LogP contribution in [0.1, 0.15) is 11.1 Å². The number of amides is 1. The maximum atomic E-state index is 12.4. The number of aromatic amines is 1. The molecule has 1 fully saturated rings. The quantitative estimate of drug-likeness (QED) is 0.708. The second-order valence-corrected chi connectivity index (χ2v) is 7.05. The second-order valence-electron chi connectivity index (χ2n) is 7.05. The maximum absolute atomic E-state index is 12.4. The first-order valence-corrected chi connectivity index (χ1v) is 9.47. The van der Waals surface area contributed by atoms with Crippen LogP contribution < -0.4 is 5.32 Å². The van der Waals surface area contributed by atoms with Crippen LogP contribution >= 0.6 is 0 Å². The van der Waals surface area contributed by atoms with Gasteiger partial charge in [-0.2, -0.15) is 0 Å². The minimum Gasteiger partial charge on any atom is -0.374 e. The summed E-state index contributed by atoms with van der Waals surface area (Å²) in [6.07, 6.45) is 2.34. The molecule has 0 bridgehead atoms. The number of benzene rings is 2. The highest BCUT2D eigenvalue weighted by Gasteiger charge is 2.21. The molecule has 4 rings (SSSR count). The summed E-state index contributed by atoms with van der Waals surface area (Å²) in [7, 11) is 0. The molecule has 140 valence electrons. The van der Waals surface area contributed by atoms with Crippen molar-refractivity contribution in [2.75, 3.05) is 26.2 Å². The highest BCUT2D eigenvalue weighted by Crippen LogP contribution is 2.18. The Morgan fingerprint density at radius 2 is 1.96 bits per heavy atom. The van der Waals surface area contributed by atoms with Gasteiger partial charge in [0.15, 0.2) is 0 Å². The summed E-state index contributed by atoms with van der Waals surface area (Å²) in [6, 6.07) is 18.5. The number of hydrogen-bond acceptors (Lipinski definition) is 3. The number of rotatable bonds is 6. The van der Waals surface area contributed by atoms with Crippen LogP contribution in [0.3, 0.4) is 0 Å². The van der Waals surface area contributed by atoms with Crippen LogP contribution in [0.25, 0.3) is 10.9 Å². The summed E-state index contributed by atoms with van der Waals surface area (Å²) in [5.74, 6) is 0.0311. The van der Waals surface area contributed by atoms with Gasteiger partial charge >= 0.3 is 0 Å². The molecule has 0 radical (unpaired) electrons. The van der Waals surface area contributed by atoms with Crippen molar-refractivity contribution >= 4 is 16.8 Å². The standard InChI is InChI=1S/C22H25N3O2/c26-22(12-18-13-23-21-9-5-4-8-20(18)21)24-14-19-16-25(10-11-27-19)15-17-6-2-1-3-7-17/h1-9,13,19,23H,10-12,14-16H2,(H,24,26). The van der Waals surface area contributed by atoms with E-state index in [4.69, 9.17) is 4.74 Å². The minimum atomic E-state index is 0.0311. The van der Waals surface area contributed by atoms with Crippen molar-refractivity contribution in [3.8, 4) is 0 Å². The van der Waals surface area contributed by atoms with E-state index < -0.39 is 0 Å². The van der Waals surface area contributed by atoms with Gasteiger partial charge in [0, 0.05) is 43.3 Å². The number of carbonyl (C=O) groups excluding carboxylic acids is 1. The molecular formula is C22H25N3O2.